The van der Waals surface area contributed by atoms with Gasteiger partial charge in [-0.2, -0.15) is 0 Å². The van der Waals surface area contributed by atoms with Gasteiger partial charge in [0.15, 0.2) is 0 Å². The Morgan fingerprint density at radius 2 is 2.25 bits per heavy atom. The van der Waals surface area contributed by atoms with Crippen LogP contribution in [0.15, 0.2) is 24.5 Å². The van der Waals surface area contributed by atoms with Gasteiger partial charge in [0.05, 0.1) is 23.6 Å². The predicted octanol–water partition coefficient (Wildman–Crippen LogP) is 2.22. The second-order valence-corrected chi connectivity index (χ2v) is 4.27. The zero-order valence-corrected chi connectivity index (χ0v) is 9.16. The van der Waals surface area contributed by atoms with Gasteiger partial charge in [-0.3, -0.25) is 0 Å². The van der Waals surface area contributed by atoms with Gasteiger partial charge in [0, 0.05) is 6.20 Å². The average molecular weight is 216 g/mol. The lowest BCUT2D eigenvalue weighted by atomic mass is 10.0. The van der Waals surface area contributed by atoms with Crippen LogP contribution in [0.5, 0.6) is 0 Å². The average Bonchev–Trinajstić information content (AvgIpc) is 3.01. The van der Waals surface area contributed by atoms with Crippen LogP contribution < -0.4 is 5.32 Å². The van der Waals surface area contributed by atoms with E-state index in [9.17, 15) is 0 Å². The minimum atomic E-state index is 0.400. The fourth-order valence-electron chi connectivity index (χ4n) is 2.23. The minimum Gasteiger partial charge on any atom is -0.360 e. The quantitative estimate of drug-likeness (QED) is 0.721. The summed E-state index contributed by atoms with van der Waals surface area (Å²) in [5, 5.41) is 3.49. The second kappa shape index (κ2) is 4.14. The number of nitrogens with one attached hydrogen (secondary N) is 3. The van der Waals surface area contributed by atoms with Gasteiger partial charge in [0.25, 0.3) is 0 Å². The van der Waals surface area contributed by atoms with E-state index < -0.39 is 0 Å². The van der Waals surface area contributed by atoms with Crippen LogP contribution in [-0.2, 0) is 0 Å². The topological polar surface area (TPSA) is 56.5 Å². The molecule has 0 aliphatic carbocycles. The molecule has 4 heteroatoms. The molecule has 3 N–H and O–H groups in total. The van der Waals surface area contributed by atoms with Crippen molar-refractivity contribution in [3.05, 3.63) is 30.4 Å². The summed E-state index contributed by atoms with van der Waals surface area (Å²) >= 11 is 0. The third-order valence-corrected chi connectivity index (χ3v) is 3.12. The van der Waals surface area contributed by atoms with Gasteiger partial charge in [-0.15, -0.1) is 0 Å². The summed E-state index contributed by atoms with van der Waals surface area (Å²) in [4.78, 5) is 11.0. The zero-order valence-electron chi connectivity index (χ0n) is 9.16. The highest BCUT2D eigenvalue weighted by Gasteiger charge is 2.17. The Kier molecular flexibility index (Phi) is 2.50. The number of rotatable bonds is 2. The standard InChI is InChI=1S/C12H16N4/c1-2-6-14-10(4-1)12-15-8-11(16-12)9-5-3-7-13-9/h3,5,7-8,10,13-14H,1-2,4,6H2,(H,15,16). The Balaban J connectivity index is 1.82. The first kappa shape index (κ1) is 9.66. The molecule has 1 saturated heterocycles. The molecular weight excluding hydrogens is 200 g/mol. The minimum absolute atomic E-state index is 0.400. The lowest BCUT2D eigenvalue weighted by Crippen LogP contribution is -2.27. The highest BCUT2D eigenvalue weighted by molar-refractivity contribution is 5.53. The Hall–Kier alpha value is -1.55. The molecule has 4 nitrogen and oxygen atoms in total. The van der Waals surface area contributed by atoms with Crippen LogP contribution in [0.3, 0.4) is 0 Å². The molecule has 0 aromatic carbocycles. The van der Waals surface area contributed by atoms with Gasteiger partial charge in [0.2, 0.25) is 0 Å². The van der Waals surface area contributed by atoms with Crippen LogP contribution >= 0.6 is 0 Å². The van der Waals surface area contributed by atoms with E-state index in [2.05, 4.69) is 20.3 Å². The number of nitrogens with zero attached hydrogens (tertiary/aromatic N) is 1. The van der Waals surface area contributed by atoms with Gasteiger partial charge >= 0.3 is 0 Å². The predicted molar refractivity (Wildman–Crippen MR) is 63.0 cm³/mol. The molecular formula is C12H16N4. The van der Waals surface area contributed by atoms with Crippen molar-refractivity contribution >= 4 is 0 Å². The van der Waals surface area contributed by atoms with Crippen LogP contribution in [0.4, 0.5) is 0 Å². The fraction of sp³-hybridized carbons (Fsp3) is 0.417. The summed E-state index contributed by atoms with van der Waals surface area (Å²) in [7, 11) is 0. The van der Waals surface area contributed by atoms with Gasteiger partial charge in [-0.05, 0) is 31.5 Å². The SMILES string of the molecule is c1c[nH]c(-c2cnc(C3CCCCN3)[nH]2)c1. The van der Waals surface area contributed by atoms with Crippen LogP contribution in [0.1, 0.15) is 31.1 Å². The molecule has 2 aromatic heterocycles. The van der Waals surface area contributed by atoms with Crippen molar-refractivity contribution in [2.75, 3.05) is 6.54 Å². The molecule has 1 fully saturated rings. The Morgan fingerprint density at radius 1 is 1.25 bits per heavy atom. The molecule has 0 spiro atoms. The van der Waals surface area contributed by atoms with E-state index in [4.69, 9.17) is 0 Å². The largest absolute Gasteiger partial charge is 0.360 e. The van der Waals surface area contributed by atoms with Crippen molar-refractivity contribution in [2.24, 2.45) is 0 Å². The summed E-state index contributed by atoms with van der Waals surface area (Å²) in [5.41, 5.74) is 2.15. The Labute approximate surface area is 94.5 Å². The molecule has 1 unspecified atom stereocenters. The Bertz CT molecular complexity index is 437. The summed E-state index contributed by atoms with van der Waals surface area (Å²) in [6.07, 6.45) is 7.57. The lowest BCUT2D eigenvalue weighted by molar-refractivity contribution is 0.399. The zero-order chi connectivity index (χ0) is 10.8. The van der Waals surface area contributed by atoms with Crippen molar-refractivity contribution in [3.8, 4) is 11.4 Å². The van der Waals surface area contributed by atoms with Crippen LogP contribution in [0.2, 0.25) is 0 Å². The van der Waals surface area contributed by atoms with Crippen LogP contribution in [0.25, 0.3) is 11.4 Å². The summed E-state index contributed by atoms with van der Waals surface area (Å²) in [6, 6.07) is 4.44. The molecule has 1 aliphatic heterocycles. The molecule has 3 rings (SSSR count). The van der Waals surface area contributed by atoms with Crippen molar-refractivity contribution in [1.82, 2.24) is 20.3 Å². The Morgan fingerprint density at radius 3 is 3.00 bits per heavy atom. The van der Waals surface area contributed by atoms with E-state index >= 15 is 0 Å². The highest BCUT2D eigenvalue weighted by Crippen LogP contribution is 2.22. The summed E-state index contributed by atoms with van der Waals surface area (Å²) in [6.45, 7) is 1.10. The first-order chi connectivity index (χ1) is 7.93. The molecule has 0 amide bonds. The van der Waals surface area contributed by atoms with E-state index in [-0.39, 0.29) is 0 Å². The van der Waals surface area contributed by atoms with Crippen molar-refractivity contribution in [1.29, 1.82) is 0 Å². The number of hydrogen-bond acceptors (Lipinski definition) is 2. The molecule has 0 radical (unpaired) electrons. The number of imidazole rings is 1. The van der Waals surface area contributed by atoms with E-state index in [0.717, 1.165) is 23.8 Å². The monoisotopic (exact) mass is 216 g/mol. The van der Waals surface area contributed by atoms with Gasteiger partial charge in [0.1, 0.15) is 5.82 Å². The molecule has 1 aliphatic rings. The smallest absolute Gasteiger partial charge is 0.123 e. The molecule has 16 heavy (non-hydrogen) atoms. The lowest BCUT2D eigenvalue weighted by Gasteiger charge is -2.21. The van der Waals surface area contributed by atoms with E-state index in [0.29, 0.717) is 6.04 Å². The van der Waals surface area contributed by atoms with Crippen molar-refractivity contribution in [3.63, 3.8) is 0 Å². The van der Waals surface area contributed by atoms with Gasteiger partial charge < -0.3 is 15.3 Å². The van der Waals surface area contributed by atoms with Crippen molar-refractivity contribution < 1.29 is 0 Å². The van der Waals surface area contributed by atoms with E-state index in [1.165, 1.54) is 19.3 Å². The first-order valence-corrected chi connectivity index (χ1v) is 5.85. The molecule has 0 saturated carbocycles. The number of hydrogen-bond donors (Lipinski definition) is 3. The maximum Gasteiger partial charge on any atom is 0.123 e. The number of H-pyrrole nitrogens is 2. The number of piperidine rings is 1. The molecule has 3 heterocycles. The molecule has 2 aromatic rings. The van der Waals surface area contributed by atoms with E-state index in [1.54, 1.807) is 0 Å². The normalized spacial score (nSPS) is 21.1. The maximum absolute atomic E-state index is 4.46. The molecule has 0 bridgehead atoms. The van der Waals surface area contributed by atoms with Crippen LogP contribution in [0, 0.1) is 0 Å². The maximum atomic E-state index is 4.46. The fourth-order valence-corrected chi connectivity index (χ4v) is 2.23. The van der Waals surface area contributed by atoms with Crippen molar-refractivity contribution in [2.45, 2.75) is 25.3 Å². The third-order valence-electron chi connectivity index (χ3n) is 3.12. The highest BCUT2D eigenvalue weighted by atomic mass is 15.0. The summed E-state index contributed by atoms with van der Waals surface area (Å²) < 4.78 is 0. The first-order valence-electron chi connectivity index (χ1n) is 5.85. The van der Waals surface area contributed by atoms with E-state index in [1.807, 2.05) is 24.5 Å². The van der Waals surface area contributed by atoms with Gasteiger partial charge in [-0.25, -0.2) is 4.98 Å². The number of aromatic nitrogens is 3. The van der Waals surface area contributed by atoms with Gasteiger partial charge in [-0.1, -0.05) is 6.42 Å². The molecule has 1 atom stereocenters. The second-order valence-electron chi connectivity index (χ2n) is 4.27. The molecule has 84 valence electrons. The third kappa shape index (κ3) is 1.76. The number of aromatic amines is 2. The van der Waals surface area contributed by atoms with Crippen LogP contribution in [-0.4, -0.2) is 21.5 Å². The summed E-state index contributed by atoms with van der Waals surface area (Å²) in [5.74, 6) is 1.06.